The second-order valence-electron chi connectivity index (χ2n) is 4.64. The third-order valence-corrected chi connectivity index (χ3v) is 2.34. The summed E-state index contributed by atoms with van der Waals surface area (Å²) in [5.41, 5.74) is 0. The standard InChI is InChI=1S/C12H23ClNO2.ClH/c1-5-6-9-16-12(15)10-14(3,4)8-7-11(2)13;/h7H,5-6,8-10H2,1-4H3;1H/q+1;/p-1. The van der Waals surface area contributed by atoms with E-state index in [-0.39, 0.29) is 18.4 Å². The van der Waals surface area contributed by atoms with Crippen LogP contribution in [0.4, 0.5) is 0 Å². The lowest BCUT2D eigenvalue weighted by atomic mass is 10.3. The van der Waals surface area contributed by atoms with Crippen LogP contribution in [0.3, 0.4) is 0 Å². The van der Waals surface area contributed by atoms with Crippen LogP contribution < -0.4 is 12.4 Å². The van der Waals surface area contributed by atoms with Crippen LogP contribution in [-0.2, 0) is 9.53 Å². The Morgan fingerprint density at radius 1 is 1.41 bits per heavy atom. The van der Waals surface area contributed by atoms with E-state index < -0.39 is 0 Å². The maximum Gasteiger partial charge on any atom is 0.361 e. The molecule has 0 rings (SSSR count). The highest BCUT2D eigenvalue weighted by molar-refractivity contribution is 6.29. The summed E-state index contributed by atoms with van der Waals surface area (Å²) < 4.78 is 5.68. The molecule has 0 aliphatic carbocycles. The monoisotopic (exact) mass is 283 g/mol. The first-order valence-corrected chi connectivity index (χ1v) is 6.05. The first-order valence-electron chi connectivity index (χ1n) is 5.67. The molecule has 0 aliphatic heterocycles. The lowest BCUT2D eigenvalue weighted by Gasteiger charge is -2.27. The summed E-state index contributed by atoms with van der Waals surface area (Å²) in [7, 11) is 3.97. The summed E-state index contributed by atoms with van der Waals surface area (Å²) in [6.07, 6.45) is 3.89. The molecular formula is C12H23Cl2NO2. The Bertz CT molecular complexity index is 249. The number of carbonyl (C=O) groups is 1. The fraction of sp³-hybridized carbons (Fsp3) is 0.750. The topological polar surface area (TPSA) is 26.3 Å². The molecule has 0 N–H and O–H groups in total. The molecule has 0 bridgehead atoms. The van der Waals surface area contributed by atoms with Crippen molar-refractivity contribution in [3.05, 3.63) is 11.1 Å². The zero-order valence-electron chi connectivity index (χ0n) is 11.1. The molecule has 0 amide bonds. The third-order valence-electron chi connectivity index (χ3n) is 2.18. The van der Waals surface area contributed by atoms with E-state index in [1.54, 1.807) is 0 Å². The van der Waals surface area contributed by atoms with Crippen LogP contribution in [0, 0.1) is 0 Å². The summed E-state index contributed by atoms with van der Waals surface area (Å²) in [5, 5.41) is 0.755. The maximum absolute atomic E-state index is 11.5. The van der Waals surface area contributed by atoms with Crippen LogP contribution in [0.5, 0.6) is 0 Å². The van der Waals surface area contributed by atoms with Crippen LogP contribution >= 0.6 is 11.6 Å². The fourth-order valence-corrected chi connectivity index (χ4v) is 1.23. The molecule has 0 heterocycles. The van der Waals surface area contributed by atoms with Crippen molar-refractivity contribution in [1.82, 2.24) is 0 Å². The Morgan fingerprint density at radius 2 is 2.00 bits per heavy atom. The summed E-state index contributed by atoms with van der Waals surface area (Å²) >= 11 is 5.76. The van der Waals surface area contributed by atoms with Crippen molar-refractivity contribution in [3.63, 3.8) is 0 Å². The summed E-state index contributed by atoms with van der Waals surface area (Å²) in [4.78, 5) is 11.5. The van der Waals surface area contributed by atoms with Crippen molar-refractivity contribution in [1.29, 1.82) is 0 Å². The lowest BCUT2D eigenvalue weighted by Crippen LogP contribution is -3.00. The fourth-order valence-electron chi connectivity index (χ4n) is 1.16. The Labute approximate surface area is 116 Å². The highest BCUT2D eigenvalue weighted by Crippen LogP contribution is 2.04. The van der Waals surface area contributed by atoms with E-state index in [1.807, 2.05) is 27.1 Å². The van der Waals surface area contributed by atoms with E-state index in [9.17, 15) is 4.79 Å². The number of allylic oxidation sites excluding steroid dienone is 1. The second kappa shape index (κ2) is 9.75. The van der Waals surface area contributed by atoms with Gasteiger partial charge in [0.2, 0.25) is 0 Å². The predicted molar refractivity (Wildman–Crippen MR) is 67.3 cm³/mol. The molecule has 0 aromatic rings. The number of rotatable bonds is 7. The largest absolute Gasteiger partial charge is 1.00 e. The molecule has 17 heavy (non-hydrogen) atoms. The third kappa shape index (κ3) is 12.0. The van der Waals surface area contributed by atoms with Crippen LogP contribution in [0.2, 0.25) is 0 Å². The van der Waals surface area contributed by atoms with E-state index in [0.717, 1.165) is 24.4 Å². The van der Waals surface area contributed by atoms with E-state index in [1.165, 1.54) is 0 Å². The highest BCUT2D eigenvalue weighted by Gasteiger charge is 2.19. The van der Waals surface area contributed by atoms with Gasteiger partial charge in [-0.2, -0.15) is 0 Å². The van der Waals surface area contributed by atoms with Crippen LogP contribution in [0.15, 0.2) is 11.1 Å². The maximum atomic E-state index is 11.5. The van der Waals surface area contributed by atoms with Gasteiger partial charge in [-0.05, 0) is 19.4 Å². The van der Waals surface area contributed by atoms with E-state index in [4.69, 9.17) is 16.3 Å². The molecule has 0 radical (unpaired) electrons. The first kappa shape index (κ1) is 19.1. The van der Waals surface area contributed by atoms with Gasteiger partial charge in [0.05, 0.1) is 27.2 Å². The van der Waals surface area contributed by atoms with Gasteiger partial charge >= 0.3 is 5.97 Å². The lowest BCUT2D eigenvalue weighted by molar-refractivity contribution is -0.877. The molecule has 0 aliphatic rings. The number of halogens is 2. The smallest absolute Gasteiger partial charge is 0.361 e. The molecule has 0 atom stereocenters. The van der Waals surface area contributed by atoms with Crippen molar-refractivity contribution in [2.75, 3.05) is 33.8 Å². The average Bonchev–Trinajstić information content (AvgIpc) is 2.15. The van der Waals surface area contributed by atoms with E-state index in [2.05, 4.69) is 6.92 Å². The minimum Gasteiger partial charge on any atom is -1.00 e. The number of nitrogens with zero attached hydrogens (tertiary/aromatic N) is 1. The van der Waals surface area contributed by atoms with Gasteiger partial charge in [0, 0.05) is 5.03 Å². The van der Waals surface area contributed by atoms with Crippen molar-refractivity contribution >= 4 is 17.6 Å². The molecule has 0 unspecified atom stereocenters. The zero-order chi connectivity index (χ0) is 12.6. The normalized spacial score (nSPS) is 11.9. The van der Waals surface area contributed by atoms with Gasteiger partial charge in [0.1, 0.15) is 0 Å². The van der Waals surface area contributed by atoms with Crippen molar-refractivity contribution in [3.8, 4) is 0 Å². The van der Waals surface area contributed by atoms with E-state index in [0.29, 0.717) is 17.6 Å². The Morgan fingerprint density at radius 3 is 2.47 bits per heavy atom. The number of unbranched alkanes of at least 4 members (excludes halogenated alkanes) is 1. The minimum atomic E-state index is -0.140. The molecule has 102 valence electrons. The molecule has 0 aromatic heterocycles. The minimum absolute atomic E-state index is 0. The van der Waals surface area contributed by atoms with Gasteiger partial charge in [0.15, 0.2) is 6.54 Å². The van der Waals surface area contributed by atoms with Crippen molar-refractivity contribution in [2.45, 2.75) is 26.7 Å². The van der Waals surface area contributed by atoms with Gasteiger partial charge in [-0.15, -0.1) is 0 Å². The van der Waals surface area contributed by atoms with Gasteiger partial charge in [-0.1, -0.05) is 24.9 Å². The first-order chi connectivity index (χ1) is 7.37. The number of hydrogen-bond acceptors (Lipinski definition) is 2. The van der Waals surface area contributed by atoms with E-state index >= 15 is 0 Å². The quantitative estimate of drug-likeness (QED) is 0.360. The Hall–Kier alpha value is -0.250. The van der Waals surface area contributed by atoms with Gasteiger partial charge < -0.3 is 21.6 Å². The van der Waals surface area contributed by atoms with Crippen LogP contribution in [-0.4, -0.2) is 44.2 Å². The molecule has 0 saturated carbocycles. The van der Waals surface area contributed by atoms with Gasteiger partial charge in [0.25, 0.3) is 0 Å². The zero-order valence-corrected chi connectivity index (χ0v) is 12.6. The highest BCUT2D eigenvalue weighted by atomic mass is 35.5. The number of carbonyl (C=O) groups excluding carboxylic acids is 1. The average molecular weight is 284 g/mol. The molecule has 0 spiro atoms. The second-order valence-corrected chi connectivity index (χ2v) is 5.24. The Balaban J connectivity index is 0. The summed E-state index contributed by atoms with van der Waals surface area (Å²) in [5.74, 6) is -0.140. The molecule has 5 heteroatoms. The SMILES string of the molecule is CCCCOC(=O)C[N+](C)(C)CC=C(C)Cl.[Cl-]. The number of esters is 1. The molecule has 0 saturated heterocycles. The van der Waals surface area contributed by atoms with Gasteiger partial charge in [-0.3, -0.25) is 0 Å². The molecular weight excluding hydrogens is 261 g/mol. The number of hydrogen-bond donors (Lipinski definition) is 0. The summed E-state index contributed by atoms with van der Waals surface area (Å²) in [6, 6.07) is 0. The van der Waals surface area contributed by atoms with Gasteiger partial charge in [-0.25, -0.2) is 4.79 Å². The van der Waals surface area contributed by atoms with Crippen molar-refractivity contribution < 1.29 is 26.4 Å². The Kier molecular flexibility index (Phi) is 10.9. The van der Waals surface area contributed by atoms with Crippen molar-refractivity contribution in [2.24, 2.45) is 0 Å². The molecule has 0 fully saturated rings. The van der Waals surface area contributed by atoms with Crippen LogP contribution in [0.1, 0.15) is 26.7 Å². The molecule has 3 nitrogen and oxygen atoms in total. The molecule has 0 aromatic carbocycles. The number of ether oxygens (including phenoxy) is 1. The predicted octanol–water partition coefficient (Wildman–Crippen LogP) is -0.447. The number of quaternary nitrogens is 1. The summed E-state index contributed by atoms with van der Waals surface area (Å²) in [6.45, 7) is 5.55. The number of likely N-dealkylation sites (N-methyl/N-ethyl adjacent to an activating group) is 1. The van der Waals surface area contributed by atoms with Crippen LogP contribution in [0.25, 0.3) is 0 Å².